The van der Waals surface area contributed by atoms with E-state index >= 15 is 0 Å². The van der Waals surface area contributed by atoms with E-state index < -0.39 is 23.6 Å². The molecule has 4 rings (SSSR count). The Hall–Kier alpha value is -4.47. The highest BCUT2D eigenvalue weighted by molar-refractivity contribution is 6.45. The highest BCUT2D eigenvalue weighted by Gasteiger charge is 2.29. The Morgan fingerprint density at radius 3 is 2.49 bits per heavy atom. The van der Waals surface area contributed by atoms with Crippen LogP contribution in [0.1, 0.15) is 47.7 Å². The van der Waals surface area contributed by atoms with E-state index in [1.165, 1.54) is 18.2 Å². The number of methoxy groups -OCH3 is 1. The molecule has 1 aliphatic heterocycles. The second kappa shape index (κ2) is 12.4. The van der Waals surface area contributed by atoms with Crippen LogP contribution in [0.3, 0.4) is 0 Å². The van der Waals surface area contributed by atoms with Crippen molar-refractivity contribution in [3.05, 3.63) is 65.4 Å². The van der Waals surface area contributed by atoms with E-state index in [1.54, 1.807) is 29.7 Å². The van der Waals surface area contributed by atoms with Crippen molar-refractivity contribution < 1.29 is 33.4 Å². The fraction of sp³-hybridized carbons (Fsp3) is 0.345. The first kappa shape index (κ1) is 27.6. The van der Waals surface area contributed by atoms with E-state index in [0.29, 0.717) is 42.5 Å². The largest absolute Gasteiger partial charge is 0.469 e. The van der Waals surface area contributed by atoms with Crippen molar-refractivity contribution in [2.45, 2.75) is 45.7 Å². The normalized spacial score (nSPS) is 12.5. The first-order valence-electron chi connectivity index (χ1n) is 12.9. The number of carbonyl (C=O) groups excluding carboxylic acids is 5. The summed E-state index contributed by atoms with van der Waals surface area (Å²) in [4.78, 5) is 64.3. The number of benzene rings is 2. The van der Waals surface area contributed by atoms with E-state index in [-0.39, 0.29) is 37.5 Å². The summed E-state index contributed by atoms with van der Waals surface area (Å²) in [6.45, 7) is 2.55. The molecule has 0 saturated carbocycles. The summed E-state index contributed by atoms with van der Waals surface area (Å²) in [7, 11) is 1.29. The summed E-state index contributed by atoms with van der Waals surface area (Å²) >= 11 is 0. The lowest BCUT2D eigenvalue weighted by Crippen LogP contribution is -2.40. The fourth-order valence-electron chi connectivity index (χ4n) is 4.68. The minimum atomic E-state index is -0.691. The predicted molar refractivity (Wildman–Crippen MR) is 143 cm³/mol. The van der Waals surface area contributed by atoms with E-state index in [1.807, 2.05) is 24.3 Å². The molecule has 2 heterocycles. The first-order chi connectivity index (χ1) is 18.8. The third kappa shape index (κ3) is 6.51. The lowest BCUT2D eigenvalue weighted by atomic mass is 9.99. The smallest absolute Gasteiger partial charge is 0.325 e. The van der Waals surface area contributed by atoms with Crippen LogP contribution in [0.4, 0.5) is 5.69 Å². The number of carbonyl (C=O) groups is 5. The molecule has 0 radical (unpaired) electrons. The highest BCUT2D eigenvalue weighted by Crippen LogP contribution is 2.27. The number of hydrogen-bond donors (Lipinski definition) is 1. The molecule has 3 aromatic rings. The van der Waals surface area contributed by atoms with Crippen molar-refractivity contribution in [2.75, 3.05) is 25.6 Å². The van der Waals surface area contributed by atoms with Crippen molar-refractivity contribution in [3.8, 4) is 0 Å². The number of amides is 2. The van der Waals surface area contributed by atoms with Crippen LogP contribution in [0, 0.1) is 0 Å². The molecule has 0 bridgehead atoms. The highest BCUT2D eigenvalue weighted by atomic mass is 16.5. The van der Waals surface area contributed by atoms with E-state index in [4.69, 9.17) is 4.74 Å². The summed E-state index contributed by atoms with van der Waals surface area (Å²) < 4.78 is 11.2. The molecule has 0 aliphatic carbocycles. The van der Waals surface area contributed by atoms with Crippen LogP contribution < -0.4 is 5.32 Å². The summed E-state index contributed by atoms with van der Waals surface area (Å²) in [5, 5.41) is 3.20. The molecule has 0 spiro atoms. The number of hydrogen-bond acceptors (Lipinski definition) is 7. The summed E-state index contributed by atoms with van der Waals surface area (Å²) in [5.41, 5.74) is 3.28. The van der Waals surface area contributed by atoms with Crippen LogP contribution in [0.5, 0.6) is 0 Å². The predicted octanol–water partition coefficient (Wildman–Crippen LogP) is 3.25. The average Bonchev–Trinajstić information content (AvgIpc) is 3.29. The molecular weight excluding hydrogens is 502 g/mol. The molecule has 1 N–H and O–H groups in total. The van der Waals surface area contributed by atoms with E-state index in [9.17, 15) is 24.0 Å². The molecule has 0 saturated heterocycles. The SMILES string of the molecule is CCOC(=O)Cn1cc(C(=O)C(=O)N2CCc3ccccc3C2)c2cc(NC(=O)CCCC(=O)OC)ccc21. The minimum Gasteiger partial charge on any atom is -0.469 e. The van der Waals surface area contributed by atoms with Crippen molar-refractivity contribution in [1.82, 2.24) is 9.47 Å². The zero-order valence-corrected chi connectivity index (χ0v) is 22.0. The van der Waals surface area contributed by atoms with Gasteiger partial charge >= 0.3 is 11.9 Å². The first-order valence-corrected chi connectivity index (χ1v) is 12.9. The van der Waals surface area contributed by atoms with Crippen molar-refractivity contribution in [3.63, 3.8) is 0 Å². The molecule has 1 aliphatic rings. The summed E-state index contributed by atoms with van der Waals surface area (Å²) in [6.07, 6.45) is 2.71. The Balaban J connectivity index is 1.59. The number of ether oxygens (including phenoxy) is 2. The monoisotopic (exact) mass is 533 g/mol. The molecule has 1 aromatic heterocycles. The lowest BCUT2D eigenvalue weighted by molar-refractivity contribution is -0.144. The van der Waals surface area contributed by atoms with Gasteiger partial charge in [-0.25, -0.2) is 0 Å². The van der Waals surface area contributed by atoms with Gasteiger partial charge in [-0.05, 0) is 49.1 Å². The van der Waals surface area contributed by atoms with E-state index in [2.05, 4.69) is 10.1 Å². The third-order valence-corrected chi connectivity index (χ3v) is 6.64. The lowest BCUT2D eigenvalue weighted by Gasteiger charge is -2.28. The number of ketones is 1. The molecule has 10 heteroatoms. The quantitative estimate of drug-likeness (QED) is 0.241. The molecule has 2 aromatic carbocycles. The van der Waals surface area contributed by atoms with Crippen LogP contribution in [0.25, 0.3) is 10.9 Å². The average molecular weight is 534 g/mol. The van der Waals surface area contributed by atoms with Crippen molar-refractivity contribution in [2.24, 2.45) is 0 Å². The summed E-state index contributed by atoms with van der Waals surface area (Å²) in [5.74, 6) is -2.49. The maximum Gasteiger partial charge on any atom is 0.325 e. The Kier molecular flexibility index (Phi) is 8.75. The number of aromatic nitrogens is 1. The van der Waals surface area contributed by atoms with Gasteiger partial charge in [-0.2, -0.15) is 0 Å². The number of esters is 2. The fourth-order valence-corrected chi connectivity index (χ4v) is 4.68. The van der Waals surface area contributed by atoms with Gasteiger partial charge in [0.15, 0.2) is 0 Å². The molecule has 39 heavy (non-hydrogen) atoms. The maximum atomic E-state index is 13.5. The molecular formula is C29H31N3O7. The Bertz CT molecular complexity index is 1430. The Morgan fingerprint density at radius 1 is 0.974 bits per heavy atom. The number of rotatable bonds is 10. The Labute approximate surface area is 225 Å². The van der Waals surface area contributed by atoms with Crippen molar-refractivity contribution >= 4 is 46.1 Å². The topological polar surface area (TPSA) is 124 Å². The molecule has 0 fully saturated rings. The van der Waals surface area contributed by atoms with Gasteiger partial charge in [0.2, 0.25) is 5.91 Å². The third-order valence-electron chi connectivity index (χ3n) is 6.64. The van der Waals surface area contributed by atoms with Crippen LogP contribution in [0.2, 0.25) is 0 Å². The minimum absolute atomic E-state index is 0.109. The van der Waals surface area contributed by atoms with Gasteiger partial charge < -0.3 is 24.3 Å². The van der Waals surface area contributed by atoms with Crippen LogP contribution in [-0.2, 0) is 48.2 Å². The van der Waals surface area contributed by atoms with Crippen molar-refractivity contribution in [1.29, 1.82) is 0 Å². The number of fused-ring (bicyclic) bond motifs is 2. The van der Waals surface area contributed by atoms with Gasteiger partial charge in [-0.1, -0.05) is 24.3 Å². The number of anilines is 1. The van der Waals surface area contributed by atoms with Gasteiger partial charge in [0, 0.05) is 48.7 Å². The number of nitrogens with one attached hydrogen (secondary N) is 1. The van der Waals surface area contributed by atoms with Gasteiger partial charge in [0.05, 0.1) is 19.3 Å². The molecule has 0 atom stereocenters. The van der Waals surface area contributed by atoms with Crippen LogP contribution >= 0.6 is 0 Å². The van der Waals surface area contributed by atoms with Crippen LogP contribution in [0.15, 0.2) is 48.7 Å². The molecule has 10 nitrogen and oxygen atoms in total. The molecule has 2 amide bonds. The second-order valence-electron chi connectivity index (χ2n) is 9.26. The summed E-state index contributed by atoms with van der Waals surface area (Å²) in [6, 6.07) is 12.8. The zero-order valence-electron chi connectivity index (χ0n) is 22.0. The molecule has 0 unspecified atom stereocenters. The van der Waals surface area contributed by atoms with E-state index in [0.717, 1.165) is 11.1 Å². The zero-order chi connectivity index (χ0) is 27.9. The standard InChI is InChI=1S/C29H31N3O7/c1-3-39-27(35)18-32-17-23(28(36)29(37)31-14-13-19-7-4-5-8-20(19)16-31)22-15-21(11-12-24(22)32)30-25(33)9-6-10-26(34)38-2/h4-5,7-8,11-12,15,17H,3,6,9-10,13-14,16,18H2,1-2H3,(H,30,33). The second-order valence-corrected chi connectivity index (χ2v) is 9.26. The van der Waals surface area contributed by atoms with Gasteiger partial charge in [-0.15, -0.1) is 0 Å². The number of nitrogens with zero attached hydrogens (tertiary/aromatic N) is 2. The van der Waals surface area contributed by atoms with Gasteiger partial charge in [0.1, 0.15) is 6.54 Å². The Morgan fingerprint density at radius 2 is 1.74 bits per heavy atom. The van der Waals surface area contributed by atoms with Gasteiger partial charge in [-0.3, -0.25) is 24.0 Å². The molecule has 204 valence electrons. The van der Waals surface area contributed by atoms with Gasteiger partial charge in [0.25, 0.3) is 11.7 Å². The van der Waals surface area contributed by atoms with Crippen LogP contribution in [-0.4, -0.2) is 59.3 Å². The maximum absolute atomic E-state index is 13.5. The number of Topliss-reactive ketones (excluding diaryl/α,β-unsaturated/α-hetero) is 1.